The van der Waals surface area contributed by atoms with Crippen LogP contribution in [0.1, 0.15) is 11.3 Å². The molecule has 4 nitrogen and oxygen atoms in total. The van der Waals surface area contributed by atoms with Crippen molar-refractivity contribution in [3.05, 3.63) is 38.3 Å². The highest BCUT2D eigenvalue weighted by Gasteiger charge is 2.04. The highest BCUT2D eigenvalue weighted by Crippen LogP contribution is 2.29. The van der Waals surface area contributed by atoms with Crippen molar-refractivity contribution < 1.29 is 5.11 Å². The molecular formula is C11H9BrClN3OS. The smallest absolute Gasteiger partial charge is 0.203 e. The number of nitrogens with one attached hydrogen (secondary N) is 1. The number of nitrogens with zero attached hydrogens (tertiary/aromatic N) is 2. The van der Waals surface area contributed by atoms with Crippen molar-refractivity contribution in [1.29, 1.82) is 0 Å². The van der Waals surface area contributed by atoms with Crippen molar-refractivity contribution in [2.24, 2.45) is 5.10 Å². The van der Waals surface area contributed by atoms with E-state index in [1.165, 1.54) is 23.6 Å². The fraction of sp³-hybridized carbons (Fsp3) is 0.0909. The largest absolute Gasteiger partial charge is 0.507 e. The molecule has 0 aliphatic carbocycles. The Labute approximate surface area is 121 Å². The van der Waals surface area contributed by atoms with Gasteiger partial charge in [-0.1, -0.05) is 11.6 Å². The number of anilines is 1. The van der Waals surface area contributed by atoms with Gasteiger partial charge in [-0.05, 0) is 35.0 Å². The second-order valence-corrected chi connectivity index (χ2v) is 5.61. The van der Waals surface area contributed by atoms with E-state index >= 15 is 0 Å². The van der Waals surface area contributed by atoms with Crippen molar-refractivity contribution >= 4 is 50.2 Å². The Morgan fingerprint density at radius 3 is 3.00 bits per heavy atom. The van der Waals surface area contributed by atoms with Gasteiger partial charge in [0.25, 0.3) is 0 Å². The van der Waals surface area contributed by atoms with Gasteiger partial charge in [0, 0.05) is 15.4 Å². The van der Waals surface area contributed by atoms with E-state index in [2.05, 4.69) is 31.4 Å². The fourth-order valence-corrected chi connectivity index (χ4v) is 2.36. The summed E-state index contributed by atoms with van der Waals surface area (Å²) in [6.45, 7) is 1.91. The molecule has 2 N–H and O–H groups in total. The van der Waals surface area contributed by atoms with Crippen LogP contribution in [0.3, 0.4) is 0 Å². The SMILES string of the molecule is Cc1csc(NN=Cc2cc(Cl)c(Br)cc2O)n1. The van der Waals surface area contributed by atoms with Crippen LogP contribution in [-0.4, -0.2) is 16.3 Å². The molecule has 0 amide bonds. The predicted octanol–water partition coefficient (Wildman–Crippen LogP) is 4.02. The van der Waals surface area contributed by atoms with E-state index in [-0.39, 0.29) is 5.75 Å². The molecule has 1 heterocycles. The van der Waals surface area contributed by atoms with E-state index < -0.39 is 0 Å². The van der Waals surface area contributed by atoms with Crippen molar-refractivity contribution in [1.82, 2.24) is 4.98 Å². The quantitative estimate of drug-likeness (QED) is 0.652. The second-order valence-electron chi connectivity index (χ2n) is 3.49. The first-order valence-electron chi connectivity index (χ1n) is 4.95. The standard InChI is InChI=1S/C11H9BrClN3OS/c1-6-5-18-11(15-6)16-14-4-7-2-9(13)8(12)3-10(7)17/h2-5,17H,1H3,(H,15,16). The van der Waals surface area contributed by atoms with E-state index in [1.54, 1.807) is 6.07 Å². The summed E-state index contributed by atoms with van der Waals surface area (Å²) < 4.78 is 0.641. The summed E-state index contributed by atoms with van der Waals surface area (Å²) in [5, 5.41) is 16.8. The van der Waals surface area contributed by atoms with Crippen LogP contribution in [-0.2, 0) is 0 Å². The van der Waals surface area contributed by atoms with Gasteiger partial charge in [-0.3, -0.25) is 5.43 Å². The Hall–Kier alpha value is -1.11. The molecule has 0 radical (unpaired) electrons. The molecular weight excluding hydrogens is 338 g/mol. The number of hydrogen-bond acceptors (Lipinski definition) is 5. The number of aromatic nitrogens is 1. The topological polar surface area (TPSA) is 57.5 Å². The molecule has 2 aromatic rings. The molecule has 0 unspecified atom stereocenters. The minimum Gasteiger partial charge on any atom is -0.507 e. The summed E-state index contributed by atoms with van der Waals surface area (Å²) in [5.41, 5.74) is 4.25. The maximum atomic E-state index is 9.70. The number of hydrogen-bond donors (Lipinski definition) is 2. The number of halogens is 2. The second kappa shape index (κ2) is 5.69. The first-order valence-corrected chi connectivity index (χ1v) is 7.00. The van der Waals surface area contributed by atoms with Gasteiger partial charge in [0.2, 0.25) is 5.13 Å². The summed E-state index contributed by atoms with van der Waals surface area (Å²) in [6, 6.07) is 3.15. The van der Waals surface area contributed by atoms with E-state index in [1.807, 2.05) is 12.3 Å². The van der Waals surface area contributed by atoms with Gasteiger partial charge < -0.3 is 5.11 Å². The van der Waals surface area contributed by atoms with Crippen LogP contribution in [0.5, 0.6) is 5.75 Å². The maximum Gasteiger partial charge on any atom is 0.203 e. The molecule has 0 saturated carbocycles. The summed E-state index contributed by atoms with van der Waals surface area (Å²) in [7, 11) is 0. The molecule has 1 aromatic heterocycles. The van der Waals surface area contributed by atoms with Gasteiger partial charge in [0.15, 0.2) is 0 Å². The zero-order valence-electron chi connectivity index (χ0n) is 9.32. The van der Waals surface area contributed by atoms with E-state index in [4.69, 9.17) is 11.6 Å². The Morgan fingerprint density at radius 1 is 1.56 bits per heavy atom. The summed E-state index contributed by atoms with van der Waals surface area (Å²) in [4.78, 5) is 4.19. The summed E-state index contributed by atoms with van der Waals surface area (Å²) in [5.74, 6) is 0.104. The zero-order valence-corrected chi connectivity index (χ0v) is 12.5. The van der Waals surface area contributed by atoms with Crippen molar-refractivity contribution in [2.45, 2.75) is 6.92 Å². The highest BCUT2D eigenvalue weighted by molar-refractivity contribution is 9.10. The van der Waals surface area contributed by atoms with Crippen LogP contribution in [0.2, 0.25) is 5.02 Å². The molecule has 18 heavy (non-hydrogen) atoms. The lowest BCUT2D eigenvalue weighted by molar-refractivity contribution is 0.474. The average Bonchev–Trinajstić information content (AvgIpc) is 2.71. The molecule has 0 atom stereocenters. The summed E-state index contributed by atoms with van der Waals surface area (Å²) in [6.07, 6.45) is 1.49. The monoisotopic (exact) mass is 345 g/mol. The van der Waals surface area contributed by atoms with Gasteiger partial charge in [-0.15, -0.1) is 11.3 Å². The number of aryl methyl sites for hydroxylation is 1. The average molecular weight is 347 g/mol. The first-order chi connectivity index (χ1) is 8.56. The zero-order chi connectivity index (χ0) is 13.1. The third kappa shape index (κ3) is 3.22. The van der Waals surface area contributed by atoms with Gasteiger partial charge >= 0.3 is 0 Å². The van der Waals surface area contributed by atoms with Crippen LogP contribution in [0.15, 0.2) is 27.1 Å². The molecule has 94 valence electrons. The third-order valence-corrected chi connectivity index (χ3v) is 4.11. The Bertz CT molecular complexity index is 600. The van der Waals surface area contributed by atoms with Gasteiger partial charge in [-0.25, -0.2) is 4.98 Å². The van der Waals surface area contributed by atoms with Crippen molar-refractivity contribution in [3.63, 3.8) is 0 Å². The summed E-state index contributed by atoms with van der Waals surface area (Å²) >= 11 is 10.6. The number of phenolic OH excluding ortho intramolecular Hbond substituents is 1. The van der Waals surface area contributed by atoms with Crippen LogP contribution in [0.4, 0.5) is 5.13 Å². The fourth-order valence-electron chi connectivity index (χ4n) is 1.22. The Morgan fingerprint density at radius 2 is 2.33 bits per heavy atom. The molecule has 0 spiro atoms. The molecule has 2 rings (SSSR count). The van der Waals surface area contributed by atoms with Gasteiger partial charge in [-0.2, -0.15) is 5.10 Å². The lowest BCUT2D eigenvalue weighted by Crippen LogP contribution is -1.91. The van der Waals surface area contributed by atoms with E-state index in [0.717, 1.165) is 5.69 Å². The molecule has 0 bridgehead atoms. The normalized spacial score (nSPS) is 11.1. The number of hydrazone groups is 1. The van der Waals surface area contributed by atoms with Gasteiger partial charge in [0.1, 0.15) is 5.75 Å². The Kier molecular flexibility index (Phi) is 4.21. The molecule has 0 aliphatic heterocycles. The van der Waals surface area contributed by atoms with E-state index in [0.29, 0.717) is 20.2 Å². The van der Waals surface area contributed by atoms with Crippen LogP contribution in [0, 0.1) is 6.92 Å². The lowest BCUT2D eigenvalue weighted by Gasteiger charge is -2.01. The third-order valence-electron chi connectivity index (χ3n) is 2.05. The van der Waals surface area contributed by atoms with Crippen molar-refractivity contribution in [2.75, 3.05) is 5.43 Å². The Balaban J connectivity index is 2.11. The number of benzene rings is 1. The molecule has 0 aliphatic rings. The first kappa shape index (κ1) is 13.3. The minimum absolute atomic E-state index is 0.104. The van der Waals surface area contributed by atoms with Gasteiger partial charge in [0.05, 0.1) is 16.9 Å². The number of aromatic hydroxyl groups is 1. The molecule has 0 fully saturated rings. The predicted molar refractivity (Wildman–Crippen MR) is 78.9 cm³/mol. The number of rotatable bonds is 3. The molecule has 7 heteroatoms. The lowest BCUT2D eigenvalue weighted by atomic mass is 10.2. The molecule has 1 aromatic carbocycles. The van der Waals surface area contributed by atoms with Crippen LogP contribution in [0.25, 0.3) is 0 Å². The van der Waals surface area contributed by atoms with Crippen molar-refractivity contribution in [3.8, 4) is 5.75 Å². The van der Waals surface area contributed by atoms with E-state index in [9.17, 15) is 5.11 Å². The van der Waals surface area contributed by atoms with Crippen LogP contribution < -0.4 is 5.43 Å². The van der Waals surface area contributed by atoms with Crippen LogP contribution >= 0.6 is 38.9 Å². The highest BCUT2D eigenvalue weighted by atomic mass is 79.9. The molecule has 0 saturated heterocycles. The minimum atomic E-state index is 0.104. The number of thiazole rings is 1. The maximum absolute atomic E-state index is 9.70. The number of phenols is 1.